The minimum Gasteiger partial charge on any atom is -0.396 e. The second-order valence-corrected chi connectivity index (χ2v) is 4.96. The lowest BCUT2D eigenvalue weighted by atomic mass is 9.89. The molecule has 0 saturated carbocycles. The van der Waals surface area contributed by atoms with Crippen LogP contribution in [0.3, 0.4) is 0 Å². The third-order valence-corrected chi connectivity index (χ3v) is 3.37. The van der Waals surface area contributed by atoms with E-state index >= 15 is 0 Å². The second-order valence-electron chi connectivity index (χ2n) is 4.96. The van der Waals surface area contributed by atoms with Gasteiger partial charge in [-0.1, -0.05) is 0 Å². The van der Waals surface area contributed by atoms with E-state index in [1.807, 2.05) is 0 Å². The first kappa shape index (κ1) is 12.4. The summed E-state index contributed by atoms with van der Waals surface area (Å²) in [4.78, 5) is 25.0. The third-order valence-electron chi connectivity index (χ3n) is 3.37. The summed E-state index contributed by atoms with van der Waals surface area (Å²) >= 11 is 0. The number of nitrogens with zero attached hydrogens (tertiary/aromatic N) is 3. The van der Waals surface area contributed by atoms with Gasteiger partial charge in [-0.3, -0.25) is 14.3 Å². The lowest BCUT2D eigenvalue weighted by Crippen LogP contribution is -2.39. The van der Waals surface area contributed by atoms with E-state index < -0.39 is 5.41 Å². The van der Waals surface area contributed by atoms with Crippen molar-refractivity contribution in [2.24, 2.45) is 11.1 Å². The summed E-state index contributed by atoms with van der Waals surface area (Å²) in [6, 6.07) is 0. The highest BCUT2D eigenvalue weighted by Crippen LogP contribution is 2.29. The van der Waals surface area contributed by atoms with E-state index in [0.29, 0.717) is 25.2 Å². The number of nitrogen functional groups attached to an aromatic ring is 1. The van der Waals surface area contributed by atoms with Crippen molar-refractivity contribution in [2.45, 2.75) is 19.9 Å². The van der Waals surface area contributed by atoms with Crippen LogP contribution in [0.15, 0.2) is 12.4 Å². The van der Waals surface area contributed by atoms with Crippen molar-refractivity contribution >= 4 is 17.5 Å². The largest absolute Gasteiger partial charge is 0.396 e. The van der Waals surface area contributed by atoms with Crippen molar-refractivity contribution in [3.63, 3.8) is 0 Å². The molecule has 1 aliphatic heterocycles. The number of primary amides is 1. The smallest absolute Gasteiger partial charge is 0.244 e. The molecule has 0 radical (unpaired) electrons. The molecule has 1 fully saturated rings. The number of carbonyl (C=O) groups excluding carboxylic acids is 2. The van der Waals surface area contributed by atoms with E-state index in [0.717, 1.165) is 0 Å². The van der Waals surface area contributed by atoms with Crippen LogP contribution in [0, 0.1) is 5.41 Å². The van der Waals surface area contributed by atoms with Crippen LogP contribution in [0.4, 0.5) is 5.69 Å². The summed E-state index contributed by atoms with van der Waals surface area (Å²) in [5.74, 6) is -0.441. The van der Waals surface area contributed by atoms with Crippen LogP contribution < -0.4 is 11.5 Å². The normalized spacial score (nSPS) is 23.3. The minimum absolute atomic E-state index is 0.0805. The molecule has 98 valence electrons. The molecule has 1 aromatic rings. The monoisotopic (exact) mass is 251 g/mol. The molecule has 0 spiro atoms. The molecule has 0 bridgehead atoms. The molecule has 7 nitrogen and oxygen atoms in total. The Morgan fingerprint density at radius 2 is 2.28 bits per heavy atom. The molecule has 1 atom stereocenters. The summed E-state index contributed by atoms with van der Waals surface area (Å²) in [6.07, 6.45) is 3.70. The Balaban J connectivity index is 1.98. The Bertz CT molecular complexity index is 484. The molecule has 0 aromatic carbocycles. The predicted octanol–water partition coefficient (Wildman–Crippen LogP) is -0.811. The maximum absolute atomic E-state index is 12.0. The molecular weight excluding hydrogens is 234 g/mol. The second kappa shape index (κ2) is 4.32. The first-order chi connectivity index (χ1) is 8.40. The Hall–Kier alpha value is -2.05. The zero-order chi connectivity index (χ0) is 13.3. The number of hydrogen-bond acceptors (Lipinski definition) is 4. The maximum atomic E-state index is 12.0. The highest BCUT2D eigenvalue weighted by atomic mass is 16.2. The highest BCUT2D eigenvalue weighted by Gasteiger charge is 2.40. The molecule has 0 aliphatic carbocycles. The number of hydrogen-bond donors (Lipinski definition) is 2. The van der Waals surface area contributed by atoms with Gasteiger partial charge in [0.15, 0.2) is 0 Å². The third kappa shape index (κ3) is 2.29. The van der Waals surface area contributed by atoms with Gasteiger partial charge in [0.1, 0.15) is 6.54 Å². The van der Waals surface area contributed by atoms with E-state index in [4.69, 9.17) is 11.5 Å². The summed E-state index contributed by atoms with van der Waals surface area (Å²) in [7, 11) is 0. The molecular formula is C11H17N5O2. The molecule has 2 rings (SSSR count). The zero-order valence-electron chi connectivity index (χ0n) is 10.3. The Morgan fingerprint density at radius 1 is 1.56 bits per heavy atom. The van der Waals surface area contributed by atoms with Gasteiger partial charge < -0.3 is 16.4 Å². The molecule has 4 N–H and O–H groups in total. The van der Waals surface area contributed by atoms with E-state index in [1.54, 1.807) is 18.0 Å². The van der Waals surface area contributed by atoms with Crippen LogP contribution in [-0.4, -0.2) is 39.6 Å². The number of rotatable bonds is 3. The summed E-state index contributed by atoms with van der Waals surface area (Å²) in [6.45, 7) is 2.84. The molecule has 1 unspecified atom stereocenters. The van der Waals surface area contributed by atoms with Gasteiger partial charge in [0.05, 0.1) is 17.3 Å². The van der Waals surface area contributed by atoms with Crippen molar-refractivity contribution in [3.8, 4) is 0 Å². The van der Waals surface area contributed by atoms with Crippen molar-refractivity contribution in [3.05, 3.63) is 12.4 Å². The van der Waals surface area contributed by atoms with Gasteiger partial charge in [0.2, 0.25) is 11.8 Å². The lowest BCUT2D eigenvalue weighted by Gasteiger charge is -2.21. The SMILES string of the molecule is CC1(C(N)=O)CCN(C(=O)Cn2cc(N)cn2)C1. The van der Waals surface area contributed by atoms with E-state index in [9.17, 15) is 9.59 Å². The van der Waals surface area contributed by atoms with Crippen LogP contribution in [0.2, 0.25) is 0 Å². The van der Waals surface area contributed by atoms with Crippen molar-refractivity contribution in [2.75, 3.05) is 18.8 Å². The highest BCUT2D eigenvalue weighted by molar-refractivity contribution is 5.83. The Labute approximate surface area is 105 Å². The first-order valence-electron chi connectivity index (χ1n) is 5.76. The number of nitrogens with two attached hydrogens (primary N) is 2. The fraction of sp³-hybridized carbons (Fsp3) is 0.545. The average molecular weight is 251 g/mol. The number of likely N-dealkylation sites (tertiary alicyclic amines) is 1. The van der Waals surface area contributed by atoms with Crippen molar-refractivity contribution in [1.29, 1.82) is 0 Å². The van der Waals surface area contributed by atoms with Crippen molar-refractivity contribution in [1.82, 2.24) is 14.7 Å². The topological polar surface area (TPSA) is 107 Å². The Morgan fingerprint density at radius 3 is 2.78 bits per heavy atom. The van der Waals surface area contributed by atoms with Gasteiger partial charge in [0, 0.05) is 19.3 Å². The van der Waals surface area contributed by atoms with E-state index in [2.05, 4.69) is 5.10 Å². The number of amides is 2. The van der Waals surface area contributed by atoms with Crippen LogP contribution in [0.5, 0.6) is 0 Å². The standard InChI is InChI=1S/C11H17N5O2/c1-11(10(13)18)2-3-15(7-11)9(17)6-16-5-8(12)4-14-16/h4-5H,2-3,6-7,12H2,1H3,(H2,13,18). The first-order valence-corrected chi connectivity index (χ1v) is 5.76. The molecule has 2 amide bonds. The molecule has 1 saturated heterocycles. The predicted molar refractivity (Wildman–Crippen MR) is 65.1 cm³/mol. The molecule has 1 aromatic heterocycles. The van der Waals surface area contributed by atoms with Gasteiger partial charge in [-0.05, 0) is 13.3 Å². The number of carbonyl (C=O) groups is 2. The van der Waals surface area contributed by atoms with Crippen LogP contribution in [0.25, 0.3) is 0 Å². The summed E-state index contributed by atoms with van der Waals surface area (Å²) in [5, 5.41) is 3.95. The average Bonchev–Trinajstić information content (AvgIpc) is 2.86. The summed E-state index contributed by atoms with van der Waals surface area (Å²) < 4.78 is 1.48. The summed E-state index contributed by atoms with van der Waals surface area (Å²) in [5.41, 5.74) is 10.8. The maximum Gasteiger partial charge on any atom is 0.244 e. The number of aromatic nitrogens is 2. The quantitative estimate of drug-likeness (QED) is 0.732. The van der Waals surface area contributed by atoms with Crippen LogP contribution in [0.1, 0.15) is 13.3 Å². The van der Waals surface area contributed by atoms with Crippen LogP contribution in [-0.2, 0) is 16.1 Å². The molecule has 7 heteroatoms. The van der Waals surface area contributed by atoms with Gasteiger partial charge in [-0.25, -0.2) is 0 Å². The number of anilines is 1. The van der Waals surface area contributed by atoms with Gasteiger partial charge in [-0.2, -0.15) is 5.10 Å². The van der Waals surface area contributed by atoms with Gasteiger partial charge in [0.25, 0.3) is 0 Å². The zero-order valence-corrected chi connectivity index (χ0v) is 10.3. The van der Waals surface area contributed by atoms with E-state index in [1.165, 1.54) is 10.9 Å². The molecule has 18 heavy (non-hydrogen) atoms. The fourth-order valence-corrected chi connectivity index (χ4v) is 2.08. The molecule has 2 heterocycles. The lowest BCUT2D eigenvalue weighted by molar-refractivity contribution is -0.132. The van der Waals surface area contributed by atoms with Crippen LogP contribution >= 0.6 is 0 Å². The minimum atomic E-state index is -0.612. The fourth-order valence-electron chi connectivity index (χ4n) is 2.08. The van der Waals surface area contributed by atoms with Gasteiger partial charge >= 0.3 is 0 Å². The van der Waals surface area contributed by atoms with Crippen molar-refractivity contribution < 1.29 is 9.59 Å². The Kier molecular flexibility index (Phi) is 2.98. The van der Waals surface area contributed by atoms with E-state index in [-0.39, 0.29) is 18.4 Å². The van der Waals surface area contributed by atoms with Gasteiger partial charge in [-0.15, -0.1) is 0 Å². The molecule has 1 aliphatic rings.